The molecule has 7 aromatic carbocycles. The van der Waals surface area contributed by atoms with E-state index in [1.54, 1.807) is 0 Å². The van der Waals surface area contributed by atoms with Crippen LogP contribution in [0, 0.1) is 12.1 Å². The van der Waals surface area contributed by atoms with Crippen molar-refractivity contribution in [2.24, 2.45) is 0 Å². The van der Waals surface area contributed by atoms with Gasteiger partial charge in [0.05, 0.1) is 30.5 Å². The molecule has 0 amide bonds. The molecular formula is C63H61IrN3OSi-2. The van der Waals surface area contributed by atoms with Crippen LogP contribution in [0.2, 0.25) is 19.6 Å². The van der Waals surface area contributed by atoms with Crippen LogP contribution in [-0.4, -0.2) is 22.6 Å². The number of furan rings is 1. The first-order valence-electron chi connectivity index (χ1n) is 24.6. The van der Waals surface area contributed by atoms with Crippen LogP contribution in [0.1, 0.15) is 102 Å². The number of nitrogens with zero attached hydrogens (tertiary/aromatic N) is 3. The Bertz CT molecular complexity index is 3530. The number of benzene rings is 7. The summed E-state index contributed by atoms with van der Waals surface area (Å²) in [7, 11) is -1.50. The van der Waals surface area contributed by atoms with Crippen LogP contribution in [0.25, 0.3) is 83.6 Å². The number of rotatable bonds is 8. The molecule has 0 spiro atoms. The SMILES string of the molecule is CC(C)c1cc(-c2ccccc2)cc(C(C)C)c1-n1c(-c2[c-]ccc3c2oc2cc4c(cc23)-c2ccccc2C4(C)C)nc2ccccc21.[2H]C(C)(C)c1cc(-c2[c-]cccc2)ncc1[Si](C)(C)C.[Ir]. The average molecular weight is 1100 g/mol. The smallest absolute Gasteiger partial charge is 0.121 e. The third kappa shape index (κ3) is 8.56. The molecule has 69 heavy (non-hydrogen) atoms. The van der Waals surface area contributed by atoms with Crippen LogP contribution in [0.15, 0.2) is 156 Å². The number of hydrogen-bond donors (Lipinski definition) is 0. The Labute approximate surface area is 424 Å². The van der Waals surface area contributed by atoms with E-state index in [1.807, 2.05) is 50.4 Å². The Morgan fingerprint density at radius 1 is 0.652 bits per heavy atom. The molecule has 0 fully saturated rings. The van der Waals surface area contributed by atoms with Gasteiger partial charge in [-0.25, -0.2) is 0 Å². The van der Waals surface area contributed by atoms with Gasteiger partial charge in [0.2, 0.25) is 0 Å². The van der Waals surface area contributed by atoms with Crippen molar-refractivity contribution in [3.8, 4) is 50.6 Å². The summed E-state index contributed by atoms with van der Waals surface area (Å²) in [6, 6.07) is 58.3. The monoisotopic (exact) mass is 1100 g/mol. The predicted molar refractivity (Wildman–Crippen MR) is 289 cm³/mol. The van der Waals surface area contributed by atoms with Crippen LogP contribution in [-0.2, 0) is 25.5 Å². The summed E-state index contributed by atoms with van der Waals surface area (Å²) in [6.07, 6.45) is 1.98. The Morgan fingerprint density at radius 2 is 1.33 bits per heavy atom. The number of para-hydroxylation sites is 2. The standard InChI is InChI=1S/C46H39N2O.C17H22NSi.Ir/c1-27(2)34-23-30(29-15-8-7-9-16-29)24-35(28(3)4)43(34)48-41-22-13-12-21-40(41)47-45(48)33-19-14-18-32-37-25-36-31-17-10-11-20-38(31)46(5,6)39(36)26-42(37)49-44(32)33;1-13(2)15-11-16(14-9-7-6-8-10-14)18-12-17(15)19(3,4)5;/h7-18,20-28H,1-6H3;6-9,11-13H,1-5H3;/q2*-1;/i;13D;. The van der Waals surface area contributed by atoms with E-state index in [9.17, 15) is 0 Å². The topological polar surface area (TPSA) is 43.9 Å². The molecule has 4 nitrogen and oxygen atoms in total. The minimum absolute atomic E-state index is 0. The maximum absolute atomic E-state index is 8.44. The molecule has 0 atom stereocenters. The summed E-state index contributed by atoms with van der Waals surface area (Å²) in [5, 5.41) is 3.48. The molecule has 0 aliphatic heterocycles. The van der Waals surface area contributed by atoms with Gasteiger partial charge in [-0.1, -0.05) is 164 Å². The number of aromatic nitrogens is 3. The first-order valence-corrected chi connectivity index (χ1v) is 27.6. The minimum Gasteiger partial charge on any atom is -0.501 e. The van der Waals surface area contributed by atoms with Crippen LogP contribution < -0.4 is 5.19 Å². The summed E-state index contributed by atoms with van der Waals surface area (Å²) in [5.74, 6) is 0.803. The maximum Gasteiger partial charge on any atom is 0.121 e. The fraction of sp³-hybridized carbons (Fsp3) is 0.238. The second-order valence-electron chi connectivity index (χ2n) is 20.8. The Morgan fingerprint density at radius 3 is 2.01 bits per heavy atom. The minimum atomic E-state index is -1.50. The van der Waals surface area contributed by atoms with Crippen molar-refractivity contribution in [3.63, 3.8) is 0 Å². The summed E-state index contributed by atoms with van der Waals surface area (Å²) < 4.78 is 17.7. The fourth-order valence-corrected chi connectivity index (χ4v) is 11.9. The first-order chi connectivity index (χ1) is 32.9. The van der Waals surface area contributed by atoms with E-state index in [2.05, 4.69) is 198 Å². The van der Waals surface area contributed by atoms with Gasteiger partial charge in [0.25, 0.3) is 0 Å². The molecule has 0 saturated heterocycles. The van der Waals surface area contributed by atoms with Gasteiger partial charge in [-0.2, -0.15) is 0 Å². The van der Waals surface area contributed by atoms with Gasteiger partial charge < -0.3 is 14.0 Å². The van der Waals surface area contributed by atoms with E-state index in [-0.39, 0.29) is 37.4 Å². The van der Waals surface area contributed by atoms with E-state index in [0.29, 0.717) is 0 Å². The summed E-state index contributed by atoms with van der Waals surface area (Å²) >= 11 is 0. The fourth-order valence-electron chi connectivity index (χ4n) is 10.3. The Balaban J connectivity index is 0.000000244. The largest absolute Gasteiger partial charge is 0.501 e. The van der Waals surface area contributed by atoms with Crippen molar-refractivity contribution in [3.05, 3.63) is 192 Å². The molecule has 349 valence electrons. The summed E-state index contributed by atoms with van der Waals surface area (Å²) in [5.41, 5.74) is 19.0. The van der Waals surface area contributed by atoms with Crippen LogP contribution >= 0.6 is 0 Å². The third-order valence-corrected chi connectivity index (χ3v) is 15.9. The van der Waals surface area contributed by atoms with Gasteiger partial charge in [-0.3, -0.25) is 4.98 Å². The summed E-state index contributed by atoms with van der Waals surface area (Å²) in [4.78, 5) is 9.96. The second-order valence-corrected chi connectivity index (χ2v) is 25.9. The molecule has 6 heteroatoms. The predicted octanol–water partition coefficient (Wildman–Crippen LogP) is 16.8. The van der Waals surface area contributed by atoms with Gasteiger partial charge in [-0.05, 0) is 110 Å². The molecule has 1 aliphatic rings. The van der Waals surface area contributed by atoms with Crippen LogP contribution in [0.5, 0.6) is 0 Å². The zero-order valence-electron chi connectivity index (χ0n) is 42.7. The molecule has 0 bridgehead atoms. The Hall–Kier alpha value is -6.17. The molecule has 3 aromatic heterocycles. The maximum atomic E-state index is 8.44. The van der Waals surface area contributed by atoms with Crippen molar-refractivity contribution >= 4 is 46.2 Å². The van der Waals surface area contributed by atoms with Gasteiger partial charge in [0.1, 0.15) is 5.58 Å². The first kappa shape index (κ1) is 46.6. The summed E-state index contributed by atoms with van der Waals surface area (Å²) in [6.45, 7) is 24.6. The molecular weight excluding hydrogens is 1040 g/mol. The quantitative estimate of drug-likeness (QED) is 0.112. The van der Waals surface area contributed by atoms with Crippen LogP contribution in [0.3, 0.4) is 0 Å². The molecule has 11 rings (SSSR count). The molecule has 0 N–H and O–H groups in total. The van der Waals surface area contributed by atoms with E-state index < -0.39 is 14.0 Å². The zero-order valence-corrected chi connectivity index (χ0v) is 45.1. The molecule has 3 heterocycles. The normalized spacial score (nSPS) is 13.3. The third-order valence-electron chi connectivity index (χ3n) is 13.9. The van der Waals surface area contributed by atoms with E-state index in [1.165, 1.54) is 55.4 Å². The van der Waals surface area contributed by atoms with Gasteiger partial charge in [0, 0.05) is 44.2 Å². The van der Waals surface area contributed by atoms with E-state index in [0.717, 1.165) is 61.2 Å². The zero-order chi connectivity index (χ0) is 48.6. The molecule has 0 unspecified atom stereocenters. The van der Waals surface area contributed by atoms with Gasteiger partial charge >= 0.3 is 0 Å². The van der Waals surface area contributed by atoms with Crippen molar-refractivity contribution in [2.45, 2.75) is 98.2 Å². The molecule has 1 aliphatic carbocycles. The number of pyridine rings is 1. The van der Waals surface area contributed by atoms with Gasteiger partial charge in [0.15, 0.2) is 0 Å². The van der Waals surface area contributed by atoms with Crippen molar-refractivity contribution in [1.29, 1.82) is 0 Å². The van der Waals surface area contributed by atoms with Crippen molar-refractivity contribution < 1.29 is 25.9 Å². The van der Waals surface area contributed by atoms with Crippen molar-refractivity contribution in [1.82, 2.24) is 14.5 Å². The number of hydrogen-bond acceptors (Lipinski definition) is 3. The molecule has 0 saturated carbocycles. The average Bonchev–Trinajstić information content (AvgIpc) is 3.98. The van der Waals surface area contributed by atoms with E-state index >= 15 is 0 Å². The van der Waals surface area contributed by atoms with Crippen LogP contribution in [0.4, 0.5) is 0 Å². The molecule has 10 aromatic rings. The second kappa shape index (κ2) is 18.6. The number of fused-ring (bicyclic) bond motifs is 7. The number of imidazole rings is 1. The van der Waals surface area contributed by atoms with E-state index in [4.69, 9.17) is 10.8 Å². The Kier molecular flexibility index (Phi) is 12.6. The van der Waals surface area contributed by atoms with Gasteiger partial charge in [-0.15, -0.1) is 54.1 Å². The molecule has 1 radical (unpaired) electrons. The van der Waals surface area contributed by atoms with Crippen molar-refractivity contribution in [2.75, 3.05) is 0 Å².